The minimum Gasteiger partial charge on any atom is -0.497 e. The number of nitrogens with two attached hydrogens (primary N) is 1. The highest BCUT2D eigenvalue weighted by atomic mass is 79.9. The number of anilines is 1. The van der Waals surface area contributed by atoms with Gasteiger partial charge >= 0.3 is 0 Å². The van der Waals surface area contributed by atoms with Gasteiger partial charge in [0.25, 0.3) is 17.7 Å². The lowest BCUT2D eigenvalue weighted by Crippen LogP contribution is -2.42. The van der Waals surface area contributed by atoms with Gasteiger partial charge in [-0.25, -0.2) is 8.78 Å². The van der Waals surface area contributed by atoms with E-state index in [-0.39, 0.29) is 24.9 Å². The largest absolute Gasteiger partial charge is 0.497 e. The van der Waals surface area contributed by atoms with Gasteiger partial charge in [0, 0.05) is 40.9 Å². The molecule has 0 saturated carbocycles. The number of methoxy groups -OCH3 is 1. The number of ether oxygens (including phenoxy) is 1. The molecule has 0 aromatic heterocycles. The van der Waals surface area contributed by atoms with Crippen LogP contribution in [-0.2, 0) is 17.8 Å². The van der Waals surface area contributed by atoms with Crippen molar-refractivity contribution < 1.29 is 32.7 Å². The summed E-state index contributed by atoms with van der Waals surface area (Å²) in [6.45, 7) is 0.680. The summed E-state index contributed by atoms with van der Waals surface area (Å²) >= 11 is 3.39. The predicted octanol–water partition coefficient (Wildman–Crippen LogP) is 5.42. The van der Waals surface area contributed by atoms with Crippen LogP contribution in [0.25, 0.3) is 0 Å². The van der Waals surface area contributed by atoms with Gasteiger partial charge in [-0.05, 0) is 108 Å². The van der Waals surface area contributed by atoms with Crippen LogP contribution in [0.5, 0.6) is 5.75 Å². The minimum atomic E-state index is -1.03. The van der Waals surface area contributed by atoms with Crippen LogP contribution in [0.3, 0.4) is 0 Å². The van der Waals surface area contributed by atoms with E-state index in [1.807, 2.05) is 19.0 Å². The van der Waals surface area contributed by atoms with Crippen molar-refractivity contribution >= 4 is 45.2 Å². The van der Waals surface area contributed by atoms with Crippen molar-refractivity contribution in [2.45, 2.75) is 19.0 Å². The van der Waals surface area contributed by atoms with Crippen molar-refractivity contribution in [3.8, 4) is 5.75 Å². The molecule has 5 rings (SSSR count). The predicted molar refractivity (Wildman–Crippen MR) is 188 cm³/mol. The number of rotatable bonds is 12. The maximum absolute atomic E-state index is 14.4. The fourth-order valence-electron chi connectivity index (χ4n) is 5.74. The first-order chi connectivity index (χ1) is 23.8. The molecule has 0 radical (unpaired) electrons. The molecule has 50 heavy (non-hydrogen) atoms. The molecule has 4 amide bonds. The highest BCUT2D eigenvalue weighted by Crippen LogP contribution is 2.36. The molecule has 0 aliphatic carbocycles. The van der Waals surface area contributed by atoms with Gasteiger partial charge < -0.3 is 30.5 Å². The van der Waals surface area contributed by atoms with Crippen molar-refractivity contribution in [2.24, 2.45) is 5.73 Å². The van der Waals surface area contributed by atoms with Crippen LogP contribution < -0.4 is 15.8 Å². The highest BCUT2D eigenvalue weighted by Gasteiger charge is 2.34. The number of likely N-dealkylation sites (N-methyl/N-ethyl adjacent to an activating group) is 1. The number of carbonyl (C=O) groups excluding carboxylic acids is 4. The summed E-state index contributed by atoms with van der Waals surface area (Å²) in [5.41, 5.74) is 8.57. The molecule has 1 aliphatic heterocycles. The summed E-state index contributed by atoms with van der Waals surface area (Å²) in [6, 6.07) is 19.6. The zero-order valence-electron chi connectivity index (χ0n) is 27.7. The van der Waals surface area contributed by atoms with E-state index in [1.165, 1.54) is 18.1 Å². The first-order valence-corrected chi connectivity index (χ1v) is 16.5. The van der Waals surface area contributed by atoms with Crippen molar-refractivity contribution in [2.75, 3.05) is 46.2 Å². The first kappa shape index (κ1) is 36.1. The molecular formula is C37H36BrF2N5O5. The third kappa shape index (κ3) is 8.35. The van der Waals surface area contributed by atoms with Gasteiger partial charge in [0.2, 0.25) is 5.91 Å². The number of hydrogen-bond acceptors (Lipinski definition) is 6. The summed E-state index contributed by atoms with van der Waals surface area (Å²) in [5.74, 6) is -3.31. The SMILES string of the molecule is COc1ccc(Br)c(C(=O)Nc2ccc3c(c2)C(=O)N(Cc2ccc(C(=O)N(CCN(C)C)CC(N)=O)cc2)C(c2ccc(F)c(F)c2)C3)c1. The van der Waals surface area contributed by atoms with Gasteiger partial charge in [-0.1, -0.05) is 24.3 Å². The number of carbonyl (C=O) groups is 4. The van der Waals surface area contributed by atoms with Crippen molar-refractivity contribution in [3.63, 3.8) is 0 Å². The van der Waals surface area contributed by atoms with Crippen LogP contribution in [0.15, 0.2) is 83.3 Å². The number of fused-ring (bicyclic) bond motifs is 1. The number of benzene rings is 4. The molecule has 10 nitrogen and oxygen atoms in total. The molecule has 4 aromatic carbocycles. The molecule has 4 aromatic rings. The Labute approximate surface area is 296 Å². The standard InChI is InChI=1S/C37H36BrF2N5O5/c1-43(2)14-15-44(21-34(41)46)36(48)23-6-4-22(5-7-23)20-45-33(25-9-13-31(39)32(40)16-25)17-24-8-10-26(18-28(24)37(45)49)42-35(47)29-19-27(50-3)11-12-30(29)38/h4-13,16,18-19,33H,14-15,17,20-21H2,1-3H3,(H2,41,46)(H,42,47). The third-order valence-electron chi connectivity index (χ3n) is 8.40. The van der Waals surface area contributed by atoms with Gasteiger partial charge in [-0.2, -0.15) is 0 Å². The Morgan fingerprint density at radius 1 is 0.960 bits per heavy atom. The van der Waals surface area contributed by atoms with Gasteiger partial charge in [-0.3, -0.25) is 19.2 Å². The van der Waals surface area contributed by atoms with Crippen molar-refractivity contribution in [3.05, 3.63) is 128 Å². The van der Waals surface area contributed by atoms with Gasteiger partial charge in [0.15, 0.2) is 11.6 Å². The average Bonchev–Trinajstić information content (AvgIpc) is 3.09. The van der Waals surface area contributed by atoms with Crippen molar-refractivity contribution in [1.29, 1.82) is 0 Å². The van der Waals surface area contributed by atoms with Gasteiger partial charge in [0.1, 0.15) is 5.75 Å². The smallest absolute Gasteiger partial charge is 0.256 e. The highest BCUT2D eigenvalue weighted by molar-refractivity contribution is 9.10. The Kier molecular flexibility index (Phi) is 11.3. The molecular weight excluding hydrogens is 712 g/mol. The molecule has 0 saturated heterocycles. The molecule has 1 atom stereocenters. The second kappa shape index (κ2) is 15.6. The first-order valence-electron chi connectivity index (χ1n) is 15.7. The second-order valence-electron chi connectivity index (χ2n) is 12.2. The van der Waals surface area contributed by atoms with Crippen LogP contribution in [0, 0.1) is 11.6 Å². The molecule has 3 N–H and O–H groups in total. The monoisotopic (exact) mass is 747 g/mol. The van der Waals surface area contributed by atoms with Crippen LogP contribution in [-0.4, -0.2) is 79.2 Å². The maximum Gasteiger partial charge on any atom is 0.256 e. The lowest BCUT2D eigenvalue weighted by molar-refractivity contribution is -0.118. The second-order valence-corrected chi connectivity index (χ2v) is 13.0. The summed E-state index contributed by atoms with van der Waals surface area (Å²) in [5, 5.41) is 2.84. The normalized spacial score (nSPS) is 13.9. The summed E-state index contributed by atoms with van der Waals surface area (Å²) in [7, 11) is 5.21. The molecule has 13 heteroatoms. The van der Waals surface area contributed by atoms with E-state index in [4.69, 9.17) is 10.5 Å². The number of halogens is 3. The molecule has 0 fully saturated rings. The molecule has 0 bridgehead atoms. The Morgan fingerprint density at radius 3 is 2.36 bits per heavy atom. The minimum absolute atomic E-state index is 0.0787. The molecule has 1 aliphatic rings. The zero-order chi connectivity index (χ0) is 36.1. The van der Waals surface area contributed by atoms with E-state index in [2.05, 4.69) is 21.2 Å². The number of primary amides is 1. The fourth-order valence-corrected chi connectivity index (χ4v) is 6.17. The Morgan fingerprint density at radius 2 is 1.70 bits per heavy atom. The lowest BCUT2D eigenvalue weighted by Gasteiger charge is -2.37. The molecule has 260 valence electrons. The molecule has 1 heterocycles. The maximum atomic E-state index is 14.4. The van der Waals surface area contributed by atoms with E-state index >= 15 is 0 Å². The molecule has 0 spiro atoms. The van der Waals surface area contributed by atoms with Gasteiger partial charge in [0.05, 0.1) is 25.3 Å². The fraction of sp³-hybridized carbons (Fsp3) is 0.243. The Balaban J connectivity index is 1.43. The number of nitrogens with zero attached hydrogens (tertiary/aromatic N) is 3. The molecule has 1 unspecified atom stereocenters. The summed E-state index contributed by atoms with van der Waals surface area (Å²) in [6.07, 6.45) is 0.298. The average molecular weight is 749 g/mol. The summed E-state index contributed by atoms with van der Waals surface area (Å²) < 4.78 is 34.2. The Bertz CT molecular complexity index is 1940. The zero-order valence-corrected chi connectivity index (χ0v) is 29.3. The van der Waals surface area contributed by atoms with E-state index in [9.17, 15) is 28.0 Å². The third-order valence-corrected chi connectivity index (χ3v) is 9.09. The van der Waals surface area contributed by atoms with E-state index < -0.39 is 29.5 Å². The van der Waals surface area contributed by atoms with Gasteiger partial charge in [-0.15, -0.1) is 0 Å². The van der Waals surface area contributed by atoms with E-state index in [0.717, 1.165) is 12.1 Å². The van der Waals surface area contributed by atoms with E-state index in [0.29, 0.717) is 68.8 Å². The topological polar surface area (TPSA) is 125 Å². The van der Waals surface area contributed by atoms with Crippen LogP contribution in [0.4, 0.5) is 14.5 Å². The quantitative estimate of drug-likeness (QED) is 0.200. The van der Waals surface area contributed by atoms with Crippen LogP contribution >= 0.6 is 15.9 Å². The Hall–Kier alpha value is -5.14. The van der Waals surface area contributed by atoms with Crippen LogP contribution in [0.1, 0.15) is 53.8 Å². The lowest BCUT2D eigenvalue weighted by atomic mass is 9.88. The number of amides is 4. The van der Waals surface area contributed by atoms with Crippen molar-refractivity contribution in [1.82, 2.24) is 14.7 Å². The van der Waals surface area contributed by atoms with Crippen LogP contribution in [0.2, 0.25) is 0 Å². The number of nitrogens with one attached hydrogen (secondary N) is 1. The number of hydrogen-bond donors (Lipinski definition) is 2. The van der Waals surface area contributed by atoms with E-state index in [1.54, 1.807) is 65.6 Å². The summed E-state index contributed by atoms with van der Waals surface area (Å²) in [4.78, 5) is 57.1.